The van der Waals surface area contributed by atoms with Crippen molar-refractivity contribution in [3.05, 3.63) is 0 Å². The third kappa shape index (κ3) is 1.39. The smallest absolute Gasteiger partial charge is 0.0216 e. The maximum Gasteiger partial charge on any atom is 0.0216 e. The van der Waals surface area contributed by atoms with Crippen molar-refractivity contribution in [1.29, 1.82) is 0 Å². The van der Waals surface area contributed by atoms with Gasteiger partial charge in [0.25, 0.3) is 0 Å². The summed E-state index contributed by atoms with van der Waals surface area (Å²) in [5, 5.41) is 0. The molecule has 0 N–H and O–H groups in total. The molecule has 0 radical (unpaired) electrons. The molecule has 1 heteroatoms. The number of unbranched alkanes of at least 4 members (excludes halogenated alkanes) is 1. The zero-order valence-electron chi connectivity index (χ0n) is 9.28. The summed E-state index contributed by atoms with van der Waals surface area (Å²) in [6.07, 6.45) is 2.66. The molecule has 0 aromatic rings. The topological polar surface area (TPSA) is 3.24 Å². The normalized spacial score (nSPS) is 26.8. The minimum absolute atomic E-state index is 0.419. The van der Waals surface area contributed by atoms with E-state index in [0.29, 0.717) is 11.0 Å². The lowest BCUT2D eigenvalue weighted by molar-refractivity contribution is -0.116. The van der Waals surface area contributed by atoms with Gasteiger partial charge in [-0.25, -0.2) is 0 Å². The van der Waals surface area contributed by atoms with Gasteiger partial charge in [0.15, 0.2) is 0 Å². The fraction of sp³-hybridized carbons (Fsp3) is 1.00. The summed E-state index contributed by atoms with van der Waals surface area (Å²) in [5.74, 6) is 0. The lowest BCUT2D eigenvalue weighted by Gasteiger charge is -2.61. The first kappa shape index (κ1) is 10.0. The van der Waals surface area contributed by atoms with Crippen molar-refractivity contribution < 1.29 is 0 Å². The van der Waals surface area contributed by atoms with Crippen molar-refractivity contribution >= 4 is 0 Å². The zero-order valence-corrected chi connectivity index (χ0v) is 9.28. The van der Waals surface area contributed by atoms with Crippen LogP contribution in [-0.4, -0.2) is 23.5 Å². The van der Waals surface area contributed by atoms with E-state index in [4.69, 9.17) is 0 Å². The van der Waals surface area contributed by atoms with Crippen LogP contribution in [0.2, 0.25) is 0 Å². The molecule has 0 amide bonds. The zero-order chi connectivity index (χ0) is 9.41. The van der Waals surface area contributed by atoms with Crippen molar-refractivity contribution in [1.82, 2.24) is 4.90 Å². The molecular weight excluding hydrogens is 146 g/mol. The van der Waals surface area contributed by atoms with Gasteiger partial charge < -0.3 is 0 Å². The highest BCUT2D eigenvalue weighted by Gasteiger charge is 2.51. The molecule has 0 aliphatic carbocycles. The van der Waals surface area contributed by atoms with Gasteiger partial charge >= 0.3 is 0 Å². The summed E-state index contributed by atoms with van der Waals surface area (Å²) in [4.78, 5) is 2.61. The average molecular weight is 169 g/mol. The molecule has 1 fully saturated rings. The Morgan fingerprint density at radius 3 is 2.08 bits per heavy atom. The van der Waals surface area contributed by atoms with Gasteiger partial charge in [-0.1, -0.05) is 27.2 Å². The minimum atomic E-state index is 0.419. The molecule has 12 heavy (non-hydrogen) atoms. The fourth-order valence-electron chi connectivity index (χ4n) is 1.91. The van der Waals surface area contributed by atoms with Gasteiger partial charge in [0, 0.05) is 12.1 Å². The van der Waals surface area contributed by atoms with Gasteiger partial charge in [-0.05, 0) is 32.2 Å². The van der Waals surface area contributed by atoms with E-state index in [0.717, 1.165) is 0 Å². The second kappa shape index (κ2) is 3.02. The predicted molar refractivity (Wildman–Crippen MR) is 54.3 cm³/mol. The maximum absolute atomic E-state index is 2.61. The quantitative estimate of drug-likeness (QED) is 0.628. The fourth-order valence-corrected chi connectivity index (χ4v) is 1.91. The number of likely N-dealkylation sites (tertiary alicyclic amines) is 1. The van der Waals surface area contributed by atoms with Crippen LogP contribution in [0.1, 0.15) is 47.5 Å². The Hall–Kier alpha value is -0.0400. The third-order valence-corrected chi connectivity index (χ3v) is 3.81. The van der Waals surface area contributed by atoms with Crippen molar-refractivity contribution in [2.24, 2.45) is 5.41 Å². The highest BCUT2D eigenvalue weighted by Crippen LogP contribution is 2.46. The molecular formula is C11H23N. The SMILES string of the molecule is CCCCN1CC(C)(C)C1(C)C. The van der Waals surface area contributed by atoms with Gasteiger partial charge in [-0.3, -0.25) is 4.90 Å². The van der Waals surface area contributed by atoms with E-state index in [9.17, 15) is 0 Å². The number of nitrogens with zero attached hydrogens (tertiary/aromatic N) is 1. The third-order valence-electron chi connectivity index (χ3n) is 3.81. The highest BCUT2D eigenvalue weighted by atomic mass is 15.3. The summed E-state index contributed by atoms with van der Waals surface area (Å²) in [6.45, 7) is 14.3. The molecule has 72 valence electrons. The Kier molecular flexibility index (Phi) is 2.53. The lowest BCUT2D eigenvalue weighted by Crippen LogP contribution is -2.69. The van der Waals surface area contributed by atoms with Crippen molar-refractivity contribution in [2.45, 2.75) is 53.0 Å². The largest absolute Gasteiger partial charge is 0.297 e. The van der Waals surface area contributed by atoms with Gasteiger partial charge in [0.1, 0.15) is 0 Å². The van der Waals surface area contributed by atoms with Crippen LogP contribution in [0.4, 0.5) is 0 Å². The van der Waals surface area contributed by atoms with E-state index in [2.05, 4.69) is 39.5 Å². The van der Waals surface area contributed by atoms with Crippen LogP contribution in [-0.2, 0) is 0 Å². The number of hydrogen-bond donors (Lipinski definition) is 0. The summed E-state index contributed by atoms with van der Waals surface area (Å²) in [6, 6.07) is 0. The molecule has 0 unspecified atom stereocenters. The van der Waals surface area contributed by atoms with E-state index < -0.39 is 0 Å². The first-order chi connectivity index (χ1) is 5.42. The minimum Gasteiger partial charge on any atom is -0.297 e. The Morgan fingerprint density at radius 2 is 1.75 bits per heavy atom. The van der Waals surface area contributed by atoms with E-state index in [1.54, 1.807) is 0 Å². The molecule has 0 atom stereocenters. The molecule has 1 nitrogen and oxygen atoms in total. The Bertz CT molecular complexity index is 158. The number of rotatable bonds is 3. The van der Waals surface area contributed by atoms with E-state index >= 15 is 0 Å². The second-order valence-electron chi connectivity index (χ2n) is 5.22. The Morgan fingerprint density at radius 1 is 1.17 bits per heavy atom. The van der Waals surface area contributed by atoms with Crippen LogP contribution in [0.15, 0.2) is 0 Å². The standard InChI is InChI=1S/C11H23N/c1-6-7-8-12-9-10(2,3)11(12,4)5/h6-9H2,1-5H3. The average Bonchev–Trinajstić information content (AvgIpc) is 1.97. The van der Waals surface area contributed by atoms with Gasteiger partial charge in [-0.15, -0.1) is 0 Å². The molecule has 0 aromatic heterocycles. The van der Waals surface area contributed by atoms with Crippen molar-refractivity contribution in [3.8, 4) is 0 Å². The van der Waals surface area contributed by atoms with Gasteiger partial charge in [0.05, 0.1) is 0 Å². The summed E-state index contributed by atoms with van der Waals surface area (Å²) in [5.41, 5.74) is 0.933. The summed E-state index contributed by atoms with van der Waals surface area (Å²) >= 11 is 0. The molecule has 0 bridgehead atoms. The van der Waals surface area contributed by atoms with E-state index in [1.165, 1.54) is 25.9 Å². The summed E-state index contributed by atoms with van der Waals surface area (Å²) in [7, 11) is 0. The van der Waals surface area contributed by atoms with Gasteiger partial charge in [-0.2, -0.15) is 0 Å². The molecule has 1 saturated heterocycles. The van der Waals surface area contributed by atoms with E-state index in [-0.39, 0.29) is 0 Å². The maximum atomic E-state index is 2.61. The van der Waals surface area contributed by atoms with Crippen LogP contribution in [0.25, 0.3) is 0 Å². The first-order valence-corrected chi connectivity index (χ1v) is 5.17. The van der Waals surface area contributed by atoms with Crippen LogP contribution < -0.4 is 0 Å². The van der Waals surface area contributed by atoms with Crippen LogP contribution in [0, 0.1) is 5.41 Å². The number of hydrogen-bond acceptors (Lipinski definition) is 1. The van der Waals surface area contributed by atoms with Crippen molar-refractivity contribution in [3.63, 3.8) is 0 Å². The Balaban J connectivity index is 2.43. The monoisotopic (exact) mass is 169 g/mol. The molecule has 0 aromatic carbocycles. The molecule has 1 rings (SSSR count). The molecule has 1 heterocycles. The molecule has 0 saturated carbocycles. The summed E-state index contributed by atoms with van der Waals surface area (Å²) < 4.78 is 0. The highest BCUT2D eigenvalue weighted by molar-refractivity contribution is 5.06. The Labute approximate surface area is 77.1 Å². The van der Waals surface area contributed by atoms with Crippen molar-refractivity contribution in [2.75, 3.05) is 13.1 Å². The van der Waals surface area contributed by atoms with Crippen LogP contribution in [0.3, 0.4) is 0 Å². The molecule has 0 spiro atoms. The van der Waals surface area contributed by atoms with Crippen LogP contribution >= 0.6 is 0 Å². The van der Waals surface area contributed by atoms with Crippen LogP contribution in [0.5, 0.6) is 0 Å². The molecule has 1 aliphatic heterocycles. The lowest BCUT2D eigenvalue weighted by atomic mass is 9.65. The van der Waals surface area contributed by atoms with E-state index in [1.807, 2.05) is 0 Å². The predicted octanol–water partition coefficient (Wildman–Crippen LogP) is 2.91. The second-order valence-corrected chi connectivity index (χ2v) is 5.22. The van der Waals surface area contributed by atoms with Gasteiger partial charge in [0.2, 0.25) is 0 Å². The molecule has 1 aliphatic rings. The first-order valence-electron chi connectivity index (χ1n) is 5.17.